The molecule has 6 nitrogen and oxygen atoms in total. The molecule has 0 aromatic carbocycles. The van der Waals surface area contributed by atoms with E-state index in [0.29, 0.717) is 6.54 Å². The Bertz CT molecular complexity index is 216. The zero-order chi connectivity index (χ0) is 11.1. The Morgan fingerprint density at radius 3 is 2.57 bits per heavy atom. The summed E-state index contributed by atoms with van der Waals surface area (Å²) in [6.45, 7) is 5.82. The summed E-state index contributed by atoms with van der Waals surface area (Å²) in [7, 11) is 0. The first-order chi connectivity index (χ1) is 6.51. The van der Waals surface area contributed by atoms with E-state index in [-0.39, 0.29) is 18.5 Å². The Hall–Kier alpha value is -1.46. The van der Waals surface area contributed by atoms with Crippen LogP contribution in [0.2, 0.25) is 0 Å². The molecular weight excluding hydrogens is 186 g/mol. The number of likely N-dealkylation sites (N-methyl/N-ethyl adjacent to an activating group) is 1. The van der Waals surface area contributed by atoms with Gasteiger partial charge < -0.3 is 20.6 Å². The zero-order valence-corrected chi connectivity index (χ0v) is 8.73. The third-order valence-corrected chi connectivity index (χ3v) is 1.46. The van der Waals surface area contributed by atoms with Gasteiger partial charge in [0.2, 0.25) is 0 Å². The first-order valence-corrected chi connectivity index (χ1v) is 4.43. The standard InChI is InChI=1S/C8H17N3O3/c1-4-11(5-7(9)10-13)8(12)14-6(2)3/h6,13H,4-5H2,1-3H3,(H2,9,10). The van der Waals surface area contributed by atoms with E-state index < -0.39 is 6.09 Å². The second kappa shape index (κ2) is 6.06. The van der Waals surface area contributed by atoms with Gasteiger partial charge in [-0.15, -0.1) is 0 Å². The van der Waals surface area contributed by atoms with E-state index in [9.17, 15) is 4.79 Å². The minimum Gasteiger partial charge on any atom is -0.447 e. The summed E-state index contributed by atoms with van der Waals surface area (Å²) in [5.74, 6) is -0.0208. The van der Waals surface area contributed by atoms with Gasteiger partial charge in [-0.3, -0.25) is 0 Å². The Labute approximate surface area is 83.3 Å². The maximum absolute atomic E-state index is 11.3. The molecule has 0 saturated heterocycles. The third-order valence-electron chi connectivity index (χ3n) is 1.46. The lowest BCUT2D eigenvalue weighted by atomic mass is 10.4. The summed E-state index contributed by atoms with van der Waals surface area (Å²) in [5, 5.41) is 11.1. The number of nitrogens with zero attached hydrogens (tertiary/aromatic N) is 2. The number of amides is 1. The zero-order valence-electron chi connectivity index (χ0n) is 8.73. The lowest BCUT2D eigenvalue weighted by molar-refractivity contribution is 0.0824. The van der Waals surface area contributed by atoms with Gasteiger partial charge in [0.15, 0.2) is 5.84 Å². The van der Waals surface area contributed by atoms with Crippen LogP contribution in [-0.2, 0) is 4.74 Å². The highest BCUT2D eigenvalue weighted by Crippen LogP contribution is 1.97. The van der Waals surface area contributed by atoms with Gasteiger partial charge >= 0.3 is 6.09 Å². The fraction of sp³-hybridized carbons (Fsp3) is 0.750. The molecule has 0 saturated carbocycles. The topological polar surface area (TPSA) is 88.1 Å². The Morgan fingerprint density at radius 2 is 2.21 bits per heavy atom. The molecule has 3 N–H and O–H groups in total. The number of carbonyl (C=O) groups excluding carboxylic acids is 1. The molecule has 0 unspecified atom stereocenters. The van der Waals surface area contributed by atoms with Gasteiger partial charge in [0, 0.05) is 6.54 Å². The lowest BCUT2D eigenvalue weighted by Crippen LogP contribution is -2.39. The molecule has 0 aliphatic rings. The SMILES string of the molecule is CCN(CC(N)=NO)C(=O)OC(C)C. The second-order valence-electron chi connectivity index (χ2n) is 3.04. The van der Waals surface area contributed by atoms with E-state index in [1.165, 1.54) is 4.90 Å². The van der Waals surface area contributed by atoms with Gasteiger partial charge in [0.25, 0.3) is 0 Å². The smallest absolute Gasteiger partial charge is 0.410 e. The van der Waals surface area contributed by atoms with E-state index in [1.807, 2.05) is 0 Å². The maximum Gasteiger partial charge on any atom is 0.410 e. The second-order valence-corrected chi connectivity index (χ2v) is 3.04. The molecule has 6 heteroatoms. The molecular formula is C8H17N3O3. The highest BCUT2D eigenvalue weighted by atomic mass is 16.6. The largest absolute Gasteiger partial charge is 0.447 e. The van der Waals surface area contributed by atoms with Gasteiger partial charge in [0.05, 0.1) is 12.6 Å². The molecule has 0 fully saturated rings. The summed E-state index contributed by atoms with van der Waals surface area (Å²) in [4.78, 5) is 12.7. The van der Waals surface area contributed by atoms with Crippen LogP contribution in [0.15, 0.2) is 5.16 Å². The number of hydrogen-bond acceptors (Lipinski definition) is 4. The van der Waals surface area contributed by atoms with Crippen molar-refractivity contribution in [3.8, 4) is 0 Å². The van der Waals surface area contributed by atoms with Crippen LogP contribution in [0.4, 0.5) is 4.79 Å². The quantitative estimate of drug-likeness (QED) is 0.303. The molecule has 0 aliphatic heterocycles. The van der Waals surface area contributed by atoms with Crippen molar-refractivity contribution in [2.24, 2.45) is 10.9 Å². The summed E-state index contributed by atoms with van der Waals surface area (Å²) in [6.07, 6.45) is -0.641. The van der Waals surface area contributed by atoms with Crippen LogP contribution in [0.25, 0.3) is 0 Å². The van der Waals surface area contributed by atoms with Gasteiger partial charge in [-0.2, -0.15) is 0 Å². The summed E-state index contributed by atoms with van der Waals surface area (Å²) >= 11 is 0. The maximum atomic E-state index is 11.3. The summed E-state index contributed by atoms with van der Waals surface area (Å²) in [5.41, 5.74) is 5.27. The molecule has 0 aromatic rings. The average molecular weight is 203 g/mol. The van der Waals surface area contributed by atoms with Crippen LogP contribution >= 0.6 is 0 Å². The van der Waals surface area contributed by atoms with Crippen LogP contribution < -0.4 is 5.73 Å². The molecule has 1 amide bonds. The molecule has 0 aromatic heterocycles. The van der Waals surface area contributed by atoms with Crippen molar-refractivity contribution in [3.63, 3.8) is 0 Å². The first kappa shape index (κ1) is 12.5. The van der Waals surface area contributed by atoms with Crippen molar-refractivity contribution >= 4 is 11.9 Å². The number of rotatable bonds is 4. The van der Waals surface area contributed by atoms with Crippen molar-refractivity contribution in [1.29, 1.82) is 0 Å². The number of oxime groups is 1. The lowest BCUT2D eigenvalue weighted by Gasteiger charge is -2.20. The van der Waals surface area contributed by atoms with E-state index in [2.05, 4.69) is 5.16 Å². The van der Waals surface area contributed by atoms with E-state index in [1.54, 1.807) is 20.8 Å². The highest BCUT2D eigenvalue weighted by molar-refractivity contribution is 5.85. The van der Waals surface area contributed by atoms with Crippen molar-refractivity contribution in [3.05, 3.63) is 0 Å². The van der Waals surface area contributed by atoms with Crippen molar-refractivity contribution < 1.29 is 14.7 Å². The predicted molar refractivity (Wildman–Crippen MR) is 52.3 cm³/mol. The van der Waals surface area contributed by atoms with Crippen molar-refractivity contribution in [2.75, 3.05) is 13.1 Å². The van der Waals surface area contributed by atoms with Crippen LogP contribution in [-0.4, -0.2) is 41.2 Å². The highest BCUT2D eigenvalue weighted by Gasteiger charge is 2.15. The fourth-order valence-corrected chi connectivity index (χ4v) is 0.809. The molecule has 0 bridgehead atoms. The third kappa shape index (κ3) is 4.54. The van der Waals surface area contributed by atoms with Crippen LogP contribution in [0, 0.1) is 0 Å². The number of nitrogens with two attached hydrogens (primary N) is 1. The number of hydrogen-bond donors (Lipinski definition) is 2. The number of carbonyl (C=O) groups is 1. The molecule has 0 spiro atoms. The minimum absolute atomic E-state index is 0.0208. The molecule has 0 heterocycles. The average Bonchev–Trinajstić information content (AvgIpc) is 2.12. The minimum atomic E-state index is -0.464. The molecule has 0 aliphatic carbocycles. The molecule has 0 radical (unpaired) electrons. The van der Waals surface area contributed by atoms with E-state index >= 15 is 0 Å². The normalized spacial score (nSPS) is 11.6. The monoisotopic (exact) mass is 203 g/mol. The Balaban J connectivity index is 4.19. The van der Waals surface area contributed by atoms with Gasteiger partial charge in [-0.1, -0.05) is 5.16 Å². The fourth-order valence-electron chi connectivity index (χ4n) is 0.809. The Kier molecular flexibility index (Phi) is 5.43. The van der Waals surface area contributed by atoms with E-state index in [0.717, 1.165) is 0 Å². The van der Waals surface area contributed by atoms with Crippen LogP contribution in [0.5, 0.6) is 0 Å². The predicted octanol–water partition coefficient (Wildman–Crippen LogP) is 0.600. The number of amidine groups is 1. The van der Waals surface area contributed by atoms with Crippen molar-refractivity contribution in [2.45, 2.75) is 26.9 Å². The van der Waals surface area contributed by atoms with Crippen molar-refractivity contribution in [1.82, 2.24) is 4.90 Å². The molecule has 0 atom stereocenters. The molecule has 0 rings (SSSR count). The van der Waals surface area contributed by atoms with Gasteiger partial charge in [-0.05, 0) is 20.8 Å². The first-order valence-electron chi connectivity index (χ1n) is 4.43. The molecule has 14 heavy (non-hydrogen) atoms. The van der Waals surface area contributed by atoms with Crippen LogP contribution in [0.3, 0.4) is 0 Å². The van der Waals surface area contributed by atoms with Gasteiger partial charge in [0.1, 0.15) is 0 Å². The molecule has 82 valence electrons. The van der Waals surface area contributed by atoms with Crippen LogP contribution in [0.1, 0.15) is 20.8 Å². The summed E-state index contributed by atoms with van der Waals surface area (Å²) < 4.78 is 4.94. The summed E-state index contributed by atoms with van der Waals surface area (Å²) in [6, 6.07) is 0. The Morgan fingerprint density at radius 1 is 1.64 bits per heavy atom. The van der Waals surface area contributed by atoms with Gasteiger partial charge in [-0.25, -0.2) is 4.79 Å². The number of ether oxygens (including phenoxy) is 1. The van der Waals surface area contributed by atoms with E-state index in [4.69, 9.17) is 15.7 Å².